The molecule has 1 N–H and O–H groups in total. The van der Waals surface area contributed by atoms with Gasteiger partial charge in [-0.05, 0) is 73.6 Å². The summed E-state index contributed by atoms with van der Waals surface area (Å²) in [5, 5.41) is 12.7. The molecule has 0 radical (unpaired) electrons. The van der Waals surface area contributed by atoms with E-state index < -0.39 is 53.0 Å². The summed E-state index contributed by atoms with van der Waals surface area (Å²) >= 11 is 0. The molecule has 44 heavy (non-hydrogen) atoms. The Morgan fingerprint density at radius 1 is 0.841 bits per heavy atom. The lowest BCUT2D eigenvalue weighted by Crippen LogP contribution is -2.27. The van der Waals surface area contributed by atoms with Crippen LogP contribution in [0.15, 0.2) is 72.9 Å². The van der Waals surface area contributed by atoms with Gasteiger partial charge in [0, 0.05) is 5.56 Å². The van der Waals surface area contributed by atoms with E-state index in [4.69, 9.17) is 4.74 Å². The Labute approximate surface area is 244 Å². The van der Waals surface area contributed by atoms with Crippen LogP contribution in [-0.2, 0) is 12.3 Å². The molecule has 0 bridgehead atoms. The molecule has 5 rings (SSSR count). The van der Waals surface area contributed by atoms with Gasteiger partial charge >= 0.3 is 24.4 Å². The van der Waals surface area contributed by atoms with E-state index >= 15 is 8.78 Å². The maximum atomic E-state index is 15.3. The third kappa shape index (κ3) is 6.38. The van der Waals surface area contributed by atoms with Gasteiger partial charge in [-0.2, -0.15) is 40.2 Å². The molecule has 4 aromatic rings. The van der Waals surface area contributed by atoms with Gasteiger partial charge in [-0.3, -0.25) is 0 Å². The topological polar surface area (TPSA) is 77.2 Å². The SMILES string of the molecule is O=C(O)c1cnn(-c2cccc(-c3ccccc3OC(F)(F)c3ccc([C@H]4CC[C@H](C(F)(F)F)CC4)cc3)n2)c1C(F)(F)F. The van der Waals surface area contributed by atoms with Crippen molar-refractivity contribution in [2.45, 2.75) is 50.1 Å². The number of aromatic nitrogens is 3. The number of alkyl halides is 8. The molecule has 2 heterocycles. The van der Waals surface area contributed by atoms with Gasteiger partial charge in [-0.15, -0.1) is 0 Å². The number of hydrogen-bond acceptors (Lipinski definition) is 4. The molecule has 0 unspecified atom stereocenters. The summed E-state index contributed by atoms with van der Waals surface area (Å²) in [5.41, 5.74) is -2.58. The van der Waals surface area contributed by atoms with Gasteiger partial charge in [0.1, 0.15) is 11.3 Å². The molecule has 1 aliphatic carbocycles. The number of carbonyl (C=O) groups is 1. The van der Waals surface area contributed by atoms with Crippen molar-refractivity contribution >= 4 is 5.97 Å². The Balaban J connectivity index is 1.39. The molecule has 0 aliphatic heterocycles. The molecule has 1 saturated carbocycles. The number of benzene rings is 2. The second-order valence-corrected chi connectivity index (χ2v) is 10.3. The predicted molar refractivity (Wildman–Crippen MR) is 140 cm³/mol. The van der Waals surface area contributed by atoms with Gasteiger partial charge in [-0.25, -0.2) is 14.5 Å². The number of aromatic carboxylic acids is 1. The van der Waals surface area contributed by atoms with Crippen LogP contribution in [0.4, 0.5) is 35.1 Å². The fourth-order valence-corrected chi connectivity index (χ4v) is 5.31. The molecule has 2 aromatic heterocycles. The number of carboxylic acids is 1. The number of pyridine rings is 1. The lowest BCUT2D eigenvalue weighted by atomic mass is 9.78. The summed E-state index contributed by atoms with van der Waals surface area (Å²) in [7, 11) is 0. The van der Waals surface area contributed by atoms with Crippen LogP contribution in [0.2, 0.25) is 0 Å². The number of hydrogen-bond donors (Lipinski definition) is 1. The van der Waals surface area contributed by atoms with Crippen LogP contribution < -0.4 is 4.74 Å². The standard InChI is InChI=1S/C30H23F8N3O3/c31-28(32,33)19-12-8-17(9-13-19)18-10-14-20(15-11-18)30(37,38)44-24-6-2-1-4-21(24)23-5-3-7-25(40-23)41-26(29(34,35)36)22(16-39-41)27(42)43/h1-7,10-11,14-17,19H,8-9,12-13H2,(H,42,43)/t17-,19-. The Morgan fingerprint density at radius 2 is 1.50 bits per heavy atom. The Bertz CT molecular complexity index is 1640. The van der Waals surface area contributed by atoms with Gasteiger partial charge in [-0.1, -0.05) is 30.3 Å². The first-order valence-electron chi connectivity index (χ1n) is 13.3. The molecule has 0 atom stereocenters. The normalized spacial score (nSPS) is 17.8. The zero-order chi connectivity index (χ0) is 31.9. The Hall–Kier alpha value is -4.49. The number of nitrogens with zero attached hydrogens (tertiary/aromatic N) is 3. The highest BCUT2D eigenvalue weighted by atomic mass is 19.4. The fraction of sp³-hybridized carbons (Fsp3) is 0.300. The third-order valence-corrected chi connectivity index (χ3v) is 7.53. The molecule has 1 fully saturated rings. The van der Waals surface area contributed by atoms with Crippen LogP contribution in [0.1, 0.15) is 58.8 Å². The maximum Gasteiger partial charge on any atom is 0.434 e. The summed E-state index contributed by atoms with van der Waals surface area (Å²) < 4.78 is 116. The first kappa shape index (κ1) is 31.0. The van der Waals surface area contributed by atoms with Gasteiger partial charge in [0.2, 0.25) is 0 Å². The highest BCUT2D eigenvalue weighted by Gasteiger charge is 2.43. The van der Waals surface area contributed by atoms with Gasteiger partial charge in [0.05, 0.1) is 23.4 Å². The number of carboxylic acid groups (broad SMARTS) is 1. The summed E-state index contributed by atoms with van der Waals surface area (Å²) in [6, 6.07) is 14.4. The van der Waals surface area contributed by atoms with Crippen molar-refractivity contribution in [2.75, 3.05) is 0 Å². The van der Waals surface area contributed by atoms with E-state index in [-0.39, 0.29) is 48.6 Å². The van der Waals surface area contributed by atoms with Gasteiger partial charge < -0.3 is 9.84 Å². The van der Waals surface area contributed by atoms with Crippen LogP contribution in [0.25, 0.3) is 17.1 Å². The monoisotopic (exact) mass is 625 g/mol. The zero-order valence-electron chi connectivity index (χ0n) is 22.5. The number of ether oxygens (including phenoxy) is 1. The van der Waals surface area contributed by atoms with Crippen molar-refractivity contribution in [1.82, 2.24) is 14.8 Å². The van der Waals surface area contributed by atoms with Crippen molar-refractivity contribution in [3.63, 3.8) is 0 Å². The highest BCUT2D eigenvalue weighted by molar-refractivity contribution is 5.89. The van der Waals surface area contributed by atoms with Crippen molar-refractivity contribution < 1.29 is 49.8 Å². The number of rotatable bonds is 7. The summed E-state index contributed by atoms with van der Waals surface area (Å²) in [6.07, 6.45) is -12.2. The molecular formula is C30H23F8N3O3. The molecule has 232 valence electrons. The van der Waals surface area contributed by atoms with Crippen molar-refractivity contribution in [1.29, 1.82) is 0 Å². The smallest absolute Gasteiger partial charge is 0.434 e. The summed E-state index contributed by atoms with van der Waals surface area (Å²) in [6.45, 7) is 0. The molecule has 0 spiro atoms. The van der Waals surface area contributed by atoms with E-state index in [9.17, 15) is 36.2 Å². The quantitative estimate of drug-likeness (QED) is 0.208. The van der Waals surface area contributed by atoms with Crippen molar-refractivity contribution in [2.24, 2.45) is 5.92 Å². The first-order chi connectivity index (χ1) is 20.6. The maximum absolute atomic E-state index is 15.3. The van der Waals surface area contributed by atoms with E-state index in [1.54, 1.807) is 0 Å². The van der Waals surface area contributed by atoms with Crippen molar-refractivity contribution in [3.05, 3.63) is 95.3 Å². The molecule has 6 nitrogen and oxygen atoms in total. The fourth-order valence-electron chi connectivity index (χ4n) is 5.31. The van der Waals surface area contributed by atoms with Crippen LogP contribution >= 0.6 is 0 Å². The van der Waals surface area contributed by atoms with Crippen LogP contribution in [0, 0.1) is 5.92 Å². The van der Waals surface area contributed by atoms with Crippen LogP contribution in [0.5, 0.6) is 5.75 Å². The lowest BCUT2D eigenvalue weighted by Gasteiger charge is -2.30. The minimum absolute atomic E-state index is 0.00578. The lowest BCUT2D eigenvalue weighted by molar-refractivity contribution is -0.185. The zero-order valence-corrected chi connectivity index (χ0v) is 22.5. The third-order valence-electron chi connectivity index (χ3n) is 7.53. The predicted octanol–water partition coefficient (Wildman–Crippen LogP) is 8.62. The Kier molecular flexibility index (Phi) is 8.12. The van der Waals surface area contributed by atoms with E-state index in [0.29, 0.717) is 16.4 Å². The van der Waals surface area contributed by atoms with E-state index in [1.165, 1.54) is 48.5 Å². The van der Waals surface area contributed by atoms with Gasteiger partial charge in [0.15, 0.2) is 11.5 Å². The summed E-state index contributed by atoms with van der Waals surface area (Å²) in [4.78, 5) is 15.5. The highest BCUT2D eigenvalue weighted by Crippen LogP contribution is 2.44. The summed E-state index contributed by atoms with van der Waals surface area (Å²) in [5.74, 6) is -4.15. The molecule has 2 aromatic carbocycles. The van der Waals surface area contributed by atoms with Crippen LogP contribution in [0.3, 0.4) is 0 Å². The van der Waals surface area contributed by atoms with Crippen LogP contribution in [-0.4, -0.2) is 32.0 Å². The number of halogens is 8. The van der Waals surface area contributed by atoms with E-state index in [0.717, 1.165) is 18.2 Å². The second kappa shape index (κ2) is 11.5. The minimum Gasteiger partial charge on any atom is -0.478 e. The average molecular weight is 626 g/mol. The molecule has 0 saturated heterocycles. The second-order valence-electron chi connectivity index (χ2n) is 10.3. The van der Waals surface area contributed by atoms with E-state index in [2.05, 4.69) is 10.1 Å². The molecule has 0 amide bonds. The first-order valence-corrected chi connectivity index (χ1v) is 13.3. The number of para-hydroxylation sites is 1. The average Bonchev–Trinajstić information content (AvgIpc) is 3.44. The van der Waals surface area contributed by atoms with Gasteiger partial charge in [0.25, 0.3) is 0 Å². The molecule has 14 heteroatoms. The van der Waals surface area contributed by atoms with E-state index in [1.807, 2.05) is 0 Å². The van der Waals surface area contributed by atoms with Crippen molar-refractivity contribution in [3.8, 4) is 22.8 Å². The minimum atomic E-state index is -5.09. The Morgan fingerprint density at radius 3 is 2.11 bits per heavy atom. The molecule has 1 aliphatic rings. The molecular weight excluding hydrogens is 602 g/mol. The largest absolute Gasteiger partial charge is 0.478 e.